The van der Waals surface area contributed by atoms with Crippen molar-refractivity contribution in [3.05, 3.63) is 74.7 Å². The number of para-hydroxylation sites is 1. The van der Waals surface area contributed by atoms with E-state index in [4.69, 9.17) is 4.74 Å². The number of nitrogens with zero attached hydrogens (tertiary/aromatic N) is 2. The Morgan fingerprint density at radius 1 is 1.04 bits per heavy atom. The van der Waals surface area contributed by atoms with Crippen LogP contribution in [0.25, 0.3) is 0 Å². The van der Waals surface area contributed by atoms with Crippen LogP contribution in [0.15, 0.2) is 59.4 Å². The van der Waals surface area contributed by atoms with Gasteiger partial charge in [0.1, 0.15) is 11.6 Å². The van der Waals surface area contributed by atoms with Gasteiger partial charge in [0.15, 0.2) is 0 Å². The monoisotopic (exact) mass is 366 g/mol. The maximum absolute atomic E-state index is 13.0. The van der Waals surface area contributed by atoms with Crippen molar-refractivity contribution in [2.24, 2.45) is 7.05 Å². The summed E-state index contributed by atoms with van der Waals surface area (Å²) in [7, 11) is 3.34. The van der Waals surface area contributed by atoms with E-state index in [0.717, 1.165) is 21.9 Å². The van der Waals surface area contributed by atoms with Gasteiger partial charge in [0.05, 0.1) is 17.7 Å². The zero-order valence-electron chi connectivity index (χ0n) is 14.5. The molecule has 0 aliphatic carbocycles. The lowest BCUT2D eigenvalue weighted by atomic mass is 9.90. The molecule has 0 bridgehead atoms. The van der Waals surface area contributed by atoms with Crippen molar-refractivity contribution in [2.75, 3.05) is 12.0 Å². The number of methoxy groups -OCH3 is 1. The zero-order valence-corrected chi connectivity index (χ0v) is 15.3. The maximum atomic E-state index is 13.0. The van der Waals surface area contributed by atoms with E-state index in [9.17, 15) is 9.59 Å². The molecule has 1 aromatic heterocycles. The Morgan fingerprint density at radius 2 is 1.73 bits per heavy atom. The number of fused-ring (bicyclic) bond motifs is 1. The second-order valence-electron chi connectivity index (χ2n) is 6.21. The first-order valence-electron chi connectivity index (χ1n) is 8.32. The molecule has 0 radical (unpaired) electrons. The molecule has 0 N–H and O–H groups in total. The normalized spacial score (nSPS) is 16.5. The van der Waals surface area contributed by atoms with E-state index >= 15 is 0 Å². The smallest absolute Gasteiger partial charge is 0.308 e. The fraction of sp³-hybridized carbons (Fsp3) is 0.200. The summed E-state index contributed by atoms with van der Waals surface area (Å²) < 4.78 is 6.79. The van der Waals surface area contributed by atoms with Crippen LogP contribution in [0.1, 0.15) is 22.8 Å². The Labute approximate surface area is 155 Å². The standard InChI is InChI=1S/C20H18N2O3S/c1-21-19-18(26-20(21)24)16(13-8-10-15(25-2)11-9-13)12-17(23)22(19)14-6-4-3-5-7-14/h3-11,16H,12H2,1-2H3/t16-/m0/s1. The lowest BCUT2D eigenvalue weighted by Gasteiger charge is -2.32. The predicted octanol–water partition coefficient (Wildman–Crippen LogP) is 3.66. The van der Waals surface area contributed by atoms with Gasteiger partial charge in [0.2, 0.25) is 5.91 Å². The first-order chi connectivity index (χ1) is 12.6. The van der Waals surface area contributed by atoms with Crippen LogP contribution in [-0.2, 0) is 11.8 Å². The summed E-state index contributed by atoms with van der Waals surface area (Å²) >= 11 is 1.21. The molecule has 6 heteroatoms. The number of aromatic nitrogens is 1. The number of rotatable bonds is 3. The predicted molar refractivity (Wildman–Crippen MR) is 103 cm³/mol. The van der Waals surface area contributed by atoms with Crippen LogP contribution in [0.4, 0.5) is 11.5 Å². The zero-order chi connectivity index (χ0) is 18.3. The average molecular weight is 366 g/mol. The molecule has 3 aromatic rings. The number of hydrogen-bond donors (Lipinski definition) is 0. The summed E-state index contributed by atoms with van der Waals surface area (Å²) in [6.07, 6.45) is 0.328. The van der Waals surface area contributed by atoms with Crippen LogP contribution in [0, 0.1) is 0 Å². The van der Waals surface area contributed by atoms with Crippen molar-refractivity contribution in [1.29, 1.82) is 0 Å². The van der Waals surface area contributed by atoms with E-state index in [2.05, 4.69) is 0 Å². The van der Waals surface area contributed by atoms with Crippen molar-refractivity contribution in [3.63, 3.8) is 0 Å². The maximum Gasteiger partial charge on any atom is 0.308 e. The number of carbonyl (C=O) groups excluding carboxylic acids is 1. The highest BCUT2D eigenvalue weighted by molar-refractivity contribution is 7.10. The third kappa shape index (κ3) is 2.63. The van der Waals surface area contributed by atoms with Gasteiger partial charge in [-0.05, 0) is 29.8 Å². The molecule has 26 heavy (non-hydrogen) atoms. The highest BCUT2D eigenvalue weighted by atomic mass is 32.1. The fourth-order valence-electron chi connectivity index (χ4n) is 3.37. The van der Waals surface area contributed by atoms with E-state index in [-0.39, 0.29) is 16.7 Å². The second-order valence-corrected chi connectivity index (χ2v) is 7.20. The third-order valence-electron chi connectivity index (χ3n) is 4.70. The molecule has 0 fully saturated rings. The minimum absolute atomic E-state index is 0.0158. The summed E-state index contributed by atoms with van der Waals surface area (Å²) in [6, 6.07) is 17.2. The molecule has 2 heterocycles. The highest BCUT2D eigenvalue weighted by Crippen LogP contribution is 2.44. The van der Waals surface area contributed by atoms with Gasteiger partial charge in [0.25, 0.3) is 0 Å². The molecule has 5 nitrogen and oxygen atoms in total. The molecule has 0 saturated heterocycles. The number of benzene rings is 2. The number of hydrogen-bond acceptors (Lipinski definition) is 4. The highest BCUT2D eigenvalue weighted by Gasteiger charge is 2.37. The fourth-order valence-corrected chi connectivity index (χ4v) is 4.47. The van der Waals surface area contributed by atoms with Gasteiger partial charge in [-0.3, -0.25) is 19.1 Å². The molecule has 0 saturated carbocycles. The van der Waals surface area contributed by atoms with E-state index < -0.39 is 0 Å². The topological polar surface area (TPSA) is 51.5 Å². The summed E-state index contributed by atoms with van der Waals surface area (Å²) in [5, 5.41) is 0. The summed E-state index contributed by atoms with van der Waals surface area (Å²) in [4.78, 5) is 27.9. The van der Waals surface area contributed by atoms with Crippen molar-refractivity contribution in [3.8, 4) is 5.75 Å². The van der Waals surface area contributed by atoms with E-state index in [1.165, 1.54) is 11.3 Å². The summed E-state index contributed by atoms with van der Waals surface area (Å²) in [5.41, 5.74) is 1.79. The minimum Gasteiger partial charge on any atom is -0.497 e. The van der Waals surface area contributed by atoms with Crippen LogP contribution in [0.3, 0.4) is 0 Å². The molecule has 1 aliphatic heterocycles. The van der Waals surface area contributed by atoms with E-state index in [0.29, 0.717) is 12.2 Å². The van der Waals surface area contributed by atoms with Crippen molar-refractivity contribution >= 4 is 28.7 Å². The van der Waals surface area contributed by atoms with Crippen LogP contribution in [0.5, 0.6) is 5.75 Å². The number of thiazole rings is 1. The van der Waals surface area contributed by atoms with Gasteiger partial charge in [-0.2, -0.15) is 0 Å². The Kier molecular flexibility index (Phi) is 4.12. The second kappa shape index (κ2) is 6.46. The first-order valence-corrected chi connectivity index (χ1v) is 9.13. The van der Waals surface area contributed by atoms with Gasteiger partial charge < -0.3 is 4.74 Å². The number of ether oxygens (including phenoxy) is 1. The SMILES string of the molecule is COc1ccc([C@@H]2CC(=O)N(c3ccccc3)c3c2sc(=O)n3C)cc1. The molecular formula is C20H18N2O3S. The van der Waals surface area contributed by atoms with Crippen LogP contribution >= 0.6 is 11.3 Å². The molecule has 2 aromatic carbocycles. The lowest BCUT2D eigenvalue weighted by molar-refractivity contribution is -0.118. The van der Waals surface area contributed by atoms with Gasteiger partial charge in [0, 0.05) is 19.4 Å². The Bertz CT molecular complexity index is 1010. The van der Waals surface area contributed by atoms with Crippen LogP contribution in [-0.4, -0.2) is 17.6 Å². The molecule has 1 aliphatic rings. The molecule has 1 atom stereocenters. The Morgan fingerprint density at radius 3 is 2.38 bits per heavy atom. The van der Waals surface area contributed by atoms with Gasteiger partial charge in [-0.15, -0.1) is 0 Å². The number of carbonyl (C=O) groups is 1. The molecule has 1 amide bonds. The summed E-state index contributed by atoms with van der Waals surface area (Å²) in [6.45, 7) is 0. The number of anilines is 2. The quantitative estimate of drug-likeness (QED) is 0.711. The van der Waals surface area contributed by atoms with Crippen LogP contribution < -0.4 is 14.5 Å². The number of amides is 1. The molecule has 0 spiro atoms. The molecular weight excluding hydrogens is 348 g/mol. The summed E-state index contributed by atoms with van der Waals surface area (Å²) in [5.74, 6) is 1.30. The first kappa shape index (κ1) is 16.6. The van der Waals surface area contributed by atoms with Gasteiger partial charge in [-0.25, -0.2) is 0 Å². The minimum atomic E-state index is -0.123. The third-order valence-corrected chi connectivity index (χ3v) is 5.83. The molecule has 0 unspecified atom stereocenters. The van der Waals surface area contributed by atoms with Gasteiger partial charge in [-0.1, -0.05) is 41.7 Å². The van der Waals surface area contributed by atoms with E-state index in [1.54, 1.807) is 23.6 Å². The lowest BCUT2D eigenvalue weighted by Crippen LogP contribution is -2.34. The Hall–Kier alpha value is -2.86. The van der Waals surface area contributed by atoms with Crippen molar-refractivity contribution in [2.45, 2.75) is 12.3 Å². The van der Waals surface area contributed by atoms with Crippen molar-refractivity contribution in [1.82, 2.24) is 4.57 Å². The largest absolute Gasteiger partial charge is 0.497 e. The average Bonchev–Trinajstić information content (AvgIpc) is 2.97. The van der Waals surface area contributed by atoms with Crippen LogP contribution in [0.2, 0.25) is 0 Å². The molecule has 132 valence electrons. The Balaban J connectivity index is 1.86. The van der Waals surface area contributed by atoms with E-state index in [1.807, 2.05) is 54.6 Å². The van der Waals surface area contributed by atoms with Gasteiger partial charge >= 0.3 is 4.87 Å². The van der Waals surface area contributed by atoms with Crippen molar-refractivity contribution < 1.29 is 9.53 Å². The molecule has 4 rings (SSSR count).